The number of aromatic nitrogens is 2. The molecule has 0 fully saturated rings. The van der Waals surface area contributed by atoms with Crippen molar-refractivity contribution in [1.82, 2.24) is 9.36 Å². The summed E-state index contributed by atoms with van der Waals surface area (Å²) in [5, 5.41) is 9.17. The predicted molar refractivity (Wildman–Crippen MR) is 76.7 cm³/mol. The Bertz CT molecular complexity index is 598. The van der Waals surface area contributed by atoms with Crippen LogP contribution in [0.15, 0.2) is 22.5 Å². The third-order valence-electron chi connectivity index (χ3n) is 2.51. The molecular weight excluding hydrogens is 282 g/mol. The lowest BCUT2D eigenvalue weighted by Gasteiger charge is -2.07. The Morgan fingerprint density at radius 2 is 2.32 bits per heavy atom. The van der Waals surface area contributed by atoms with Gasteiger partial charge in [0.15, 0.2) is 4.34 Å². The molecule has 0 saturated carbocycles. The van der Waals surface area contributed by atoms with Crippen LogP contribution in [0.1, 0.15) is 28.7 Å². The fourth-order valence-electron chi connectivity index (χ4n) is 1.58. The molecule has 0 unspecified atom stereocenters. The number of aryl methyl sites for hydroxylation is 1. The van der Waals surface area contributed by atoms with E-state index in [4.69, 9.17) is 5.73 Å². The number of thioether (sulfide) groups is 1. The van der Waals surface area contributed by atoms with Gasteiger partial charge in [-0.15, -0.1) is 0 Å². The van der Waals surface area contributed by atoms with Gasteiger partial charge in [-0.05, 0) is 23.2 Å². The van der Waals surface area contributed by atoms with Crippen LogP contribution in [0.25, 0.3) is 0 Å². The Hall–Kier alpha value is -1.60. The minimum Gasteiger partial charge on any atom is -0.478 e. The molecule has 0 saturated heterocycles. The smallest absolute Gasteiger partial charge is 0.338 e. The number of benzene rings is 1. The maximum Gasteiger partial charge on any atom is 0.338 e. The zero-order valence-corrected chi connectivity index (χ0v) is 11.9. The van der Waals surface area contributed by atoms with Crippen LogP contribution in [-0.4, -0.2) is 20.4 Å². The number of nitrogens with two attached hydrogens (primary N) is 1. The van der Waals surface area contributed by atoms with E-state index >= 15 is 0 Å². The normalized spacial score (nSPS) is 10.6. The first-order chi connectivity index (χ1) is 9.11. The van der Waals surface area contributed by atoms with Gasteiger partial charge in [0.25, 0.3) is 0 Å². The molecule has 5 nitrogen and oxygen atoms in total. The number of nitrogen functional groups attached to an aromatic ring is 1. The maximum absolute atomic E-state index is 11.2. The summed E-state index contributed by atoms with van der Waals surface area (Å²) in [6, 6.07) is 5.13. The van der Waals surface area contributed by atoms with Gasteiger partial charge in [0, 0.05) is 17.9 Å². The molecular formula is C12H13N3O2S2. The van der Waals surface area contributed by atoms with Crippen LogP contribution >= 0.6 is 23.3 Å². The molecule has 3 N–H and O–H groups in total. The van der Waals surface area contributed by atoms with E-state index < -0.39 is 5.97 Å². The molecule has 0 aliphatic rings. The summed E-state index contributed by atoms with van der Waals surface area (Å²) in [6.07, 6.45) is 0.801. The van der Waals surface area contributed by atoms with Gasteiger partial charge in [0.1, 0.15) is 5.82 Å². The topological polar surface area (TPSA) is 89.1 Å². The van der Waals surface area contributed by atoms with Crippen molar-refractivity contribution in [1.29, 1.82) is 0 Å². The van der Waals surface area contributed by atoms with E-state index in [-0.39, 0.29) is 11.3 Å². The summed E-state index contributed by atoms with van der Waals surface area (Å²) in [5.74, 6) is 0.337. The summed E-state index contributed by atoms with van der Waals surface area (Å²) in [7, 11) is 0. The number of carboxylic acid groups (broad SMARTS) is 1. The van der Waals surface area contributed by atoms with Crippen molar-refractivity contribution in [3.8, 4) is 0 Å². The first-order valence-electron chi connectivity index (χ1n) is 5.67. The van der Waals surface area contributed by atoms with E-state index in [0.717, 1.165) is 16.6 Å². The van der Waals surface area contributed by atoms with Gasteiger partial charge < -0.3 is 10.8 Å². The molecule has 19 heavy (non-hydrogen) atoms. The van der Waals surface area contributed by atoms with Crippen LogP contribution < -0.4 is 5.73 Å². The predicted octanol–water partition coefficient (Wildman–Crippen LogP) is 2.67. The molecule has 0 radical (unpaired) electrons. The van der Waals surface area contributed by atoms with Crippen LogP contribution in [0.2, 0.25) is 0 Å². The van der Waals surface area contributed by atoms with E-state index in [2.05, 4.69) is 9.36 Å². The lowest BCUT2D eigenvalue weighted by molar-refractivity contribution is 0.0697. The SMILES string of the molecule is CCc1nsc(SCc2cccc(N)c2C(=O)O)n1. The van der Waals surface area contributed by atoms with Gasteiger partial charge in [-0.25, -0.2) is 9.78 Å². The molecule has 1 aromatic carbocycles. The Kier molecular flexibility index (Phi) is 4.39. The summed E-state index contributed by atoms with van der Waals surface area (Å²) in [4.78, 5) is 15.5. The first-order valence-corrected chi connectivity index (χ1v) is 7.43. The molecule has 0 aliphatic heterocycles. The highest BCUT2D eigenvalue weighted by Crippen LogP contribution is 2.27. The average Bonchev–Trinajstić information content (AvgIpc) is 2.83. The van der Waals surface area contributed by atoms with Crippen LogP contribution in [0.5, 0.6) is 0 Å². The fraction of sp³-hybridized carbons (Fsp3) is 0.250. The lowest BCUT2D eigenvalue weighted by Crippen LogP contribution is -2.06. The van der Waals surface area contributed by atoms with Gasteiger partial charge in [0.2, 0.25) is 0 Å². The second-order valence-corrected chi connectivity index (χ2v) is 5.78. The van der Waals surface area contributed by atoms with Crippen molar-refractivity contribution in [2.45, 2.75) is 23.4 Å². The number of hydrogen-bond donors (Lipinski definition) is 2. The number of hydrogen-bond acceptors (Lipinski definition) is 6. The molecule has 7 heteroatoms. The van der Waals surface area contributed by atoms with Crippen LogP contribution in [0.3, 0.4) is 0 Å². The Morgan fingerprint density at radius 1 is 1.53 bits per heavy atom. The van der Waals surface area contributed by atoms with Crippen LogP contribution in [-0.2, 0) is 12.2 Å². The standard InChI is InChI=1S/C12H13N3O2S2/c1-2-9-14-12(19-15-9)18-6-7-4-3-5-8(13)10(7)11(16)17/h3-5H,2,6,13H2,1H3,(H,16,17). The number of anilines is 1. The summed E-state index contributed by atoms with van der Waals surface area (Å²) < 4.78 is 5.03. The molecule has 0 spiro atoms. The van der Waals surface area contributed by atoms with E-state index in [0.29, 0.717) is 11.3 Å². The number of carbonyl (C=O) groups is 1. The molecule has 0 atom stereocenters. The minimum atomic E-state index is -1.000. The van der Waals surface area contributed by atoms with E-state index in [1.165, 1.54) is 23.3 Å². The zero-order chi connectivity index (χ0) is 13.8. The third-order valence-corrected chi connectivity index (χ3v) is 4.43. The third kappa shape index (κ3) is 3.24. The Balaban J connectivity index is 2.15. The highest BCUT2D eigenvalue weighted by molar-refractivity contribution is 8.00. The van der Waals surface area contributed by atoms with Crippen LogP contribution in [0, 0.1) is 0 Å². The monoisotopic (exact) mass is 295 g/mol. The highest BCUT2D eigenvalue weighted by atomic mass is 32.2. The zero-order valence-electron chi connectivity index (χ0n) is 10.3. The van der Waals surface area contributed by atoms with Crippen molar-refractivity contribution < 1.29 is 9.90 Å². The van der Waals surface area contributed by atoms with Gasteiger partial charge in [0.05, 0.1) is 5.56 Å². The molecule has 0 amide bonds. The number of aromatic carboxylic acids is 1. The second kappa shape index (κ2) is 6.03. The molecule has 1 heterocycles. The minimum absolute atomic E-state index is 0.176. The molecule has 2 rings (SSSR count). The van der Waals surface area contributed by atoms with Crippen LogP contribution in [0.4, 0.5) is 5.69 Å². The van der Waals surface area contributed by atoms with E-state index in [1.807, 2.05) is 6.92 Å². The summed E-state index contributed by atoms with van der Waals surface area (Å²) in [5.41, 5.74) is 6.87. The number of carboxylic acids is 1. The average molecular weight is 295 g/mol. The van der Waals surface area contributed by atoms with Gasteiger partial charge in [-0.3, -0.25) is 0 Å². The van der Waals surface area contributed by atoms with Crippen molar-refractivity contribution in [2.24, 2.45) is 0 Å². The molecule has 1 aromatic heterocycles. The van der Waals surface area contributed by atoms with Crippen molar-refractivity contribution in [3.63, 3.8) is 0 Å². The number of rotatable bonds is 5. The second-order valence-electron chi connectivity index (χ2n) is 3.81. The number of nitrogens with zero attached hydrogens (tertiary/aromatic N) is 2. The van der Waals surface area contributed by atoms with Gasteiger partial charge >= 0.3 is 5.97 Å². The van der Waals surface area contributed by atoms with Crippen molar-refractivity contribution >= 4 is 35.0 Å². The molecule has 0 aliphatic carbocycles. The largest absolute Gasteiger partial charge is 0.478 e. The van der Waals surface area contributed by atoms with Gasteiger partial charge in [-0.2, -0.15) is 4.37 Å². The highest BCUT2D eigenvalue weighted by Gasteiger charge is 2.14. The molecule has 0 bridgehead atoms. The van der Waals surface area contributed by atoms with Gasteiger partial charge in [-0.1, -0.05) is 30.8 Å². The maximum atomic E-state index is 11.2. The van der Waals surface area contributed by atoms with E-state index in [1.54, 1.807) is 18.2 Å². The quantitative estimate of drug-likeness (QED) is 0.651. The molecule has 100 valence electrons. The Labute approximate surface area is 119 Å². The summed E-state index contributed by atoms with van der Waals surface area (Å²) in [6.45, 7) is 2.00. The first kappa shape index (κ1) is 13.8. The van der Waals surface area contributed by atoms with Crippen molar-refractivity contribution in [2.75, 3.05) is 5.73 Å². The van der Waals surface area contributed by atoms with Crippen molar-refractivity contribution in [3.05, 3.63) is 35.2 Å². The lowest BCUT2D eigenvalue weighted by atomic mass is 10.1. The summed E-state index contributed by atoms with van der Waals surface area (Å²) >= 11 is 2.81. The van der Waals surface area contributed by atoms with E-state index in [9.17, 15) is 9.90 Å². The fourth-order valence-corrected chi connectivity index (χ4v) is 3.27. The Morgan fingerprint density at radius 3 is 2.95 bits per heavy atom. The molecule has 2 aromatic rings.